The predicted molar refractivity (Wildman–Crippen MR) is 103 cm³/mol. The topological polar surface area (TPSA) is 46.6 Å². The summed E-state index contributed by atoms with van der Waals surface area (Å²) in [6.07, 6.45) is 1.83. The Morgan fingerprint density at radius 1 is 0.923 bits per heavy atom. The van der Waals surface area contributed by atoms with E-state index in [1.54, 1.807) is 47.7 Å². The number of rotatable bonds is 3. The van der Waals surface area contributed by atoms with Gasteiger partial charge in [0.05, 0.1) is 12.8 Å². The van der Waals surface area contributed by atoms with Gasteiger partial charge in [-0.1, -0.05) is 30.3 Å². The average molecular weight is 361 g/mol. The highest BCUT2D eigenvalue weighted by Gasteiger charge is 2.36. The molecular weight excluding hydrogens is 346 g/mol. The molecule has 0 bridgehead atoms. The molecule has 0 saturated heterocycles. The number of thiophene rings is 1. The number of imide groups is 1. The maximum absolute atomic E-state index is 13.3. The molecule has 1 aromatic heterocycles. The lowest BCUT2D eigenvalue weighted by molar-refractivity contribution is -0.112. The van der Waals surface area contributed by atoms with Crippen LogP contribution in [-0.4, -0.2) is 18.9 Å². The highest BCUT2D eigenvalue weighted by Crippen LogP contribution is 2.37. The van der Waals surface area contributed by atoms with E-state index in [-0.39, 0.29) is 11.8 Å². The number of fused-ring (bicyclic) bond motifs is 1. The minimum absolute atomic E-state index is 0.349. The maximum Gasteiger partial charge on any atom is 0.266 e. The molecule has 0 unspecified atom stereocenters. The molecule has 1 aliphatic heterocycles. The number of anilines is 1. The Bertz CT molecular complexity index is 1020. The van der Waals surface area contributed by atoms with Crippen LogP contribution < -0.4 is 9.64 Å². The van der Waals surface area contributed by atoms with E-state index in [1.165, 1.54) is 12.0 Å². The second-order valence-electron chi connectivity index (χ2n) is 5.78. The molecule has 1 aliphatic rings. The number of carbonyl (C=O) groups is 2. The molecule has 3 aromatic rings. The molecule has 0 radical (unpaired) electrons. The van der Waals surface area contributed by atoms with Gasteiger partial charge in [-0.15, -0.1) is 0 Å². The molecule has 2 heterocycles. The number of benzene rings is 2. The molecular formula is C21H15NO3S. The van der Waals surface area contributed by atoms with Crippen LogP contribution in [0.15, 0.2) is 65.4 Å². The highest BCUT2D eigenvalue weighted by molar-refractivity contribution is 7.08. The lowest BCUT2D eigenvalue weighted by atomic mass is 9.92. The second kappa shape index (κ2) is 6.61. The summed E-state index contributed by atoms with van der Waals surface area (Å²) in [5.74, 6) is -0.231. The third kappa shape index (κ3) is 2.62. The largest absolute Gasteiger partial charge is 0.495 e. The van der Waals surface area contributed by atoms with Crippen molar-refractivity contribution in [1.82, 2.24) is 0 Å². The minimum Gasteiger partial charge on any atom is -0.495 e. The van der Waals surface area contributed by atoms with Gasteiger partial charge in [0.1, 0.15) is 5.75 Å². The van der Waals surface area contributed by atoms with Gasteiger partial charge < -0.3 is 4.74 Å². The number of amides is 2. The summed E-state index contributed by atoms with van der Waals surface area (Å²) >= 11 is 1.56. The Kier molecular flexibility index (Phi) is 4.14. The monoisotopic (exact) mass is 361 g/mol. The quantitative estimate of drug-likeness (QED) is 0.510. The van der Waals surface area contributed by atoms with Crippen LogP contribution in [0.2, 0.25) is 0 Å². The van der Waals surface area contributed by atoms with Gasteiger partial charge in [0, 0.05) is 11.1 Å². The molecule has 128 valence electrons. The Morgan fingerprint density at radius 2 is 1.65 bits per heavy atom. The molecule has 4 rings (SSSR count). The first kappa shape index (κ1) is 16.3. The Hall–Kier alpha value is -3.18. The summed E-state index contributed by atoms with van der Waals surface area (Å²) in [4.78, 5) is 27.5. The van der Waals surface area contributed by atoms with Crippen molar-refractivity contribution in [2.45, 2.75) is 0 Å². The van der Waals surface area contributed by atoms with Crippen LogP contribution in [0.1, 0.15) is 21.5 Å². The van der Waals surface area contributed by atoms with Gasteiger partial charge in [-0.2, -0.15) is 11.3 Å². The van der Waals surface area contributed by atoms with Crippen LogP contribution in [0.3, 0.4) is 0 Å². The summed E-state index contributed by atoms with van der Waals surface area (Å²) in [7, 11) is 1.52. The number of hydrogen-bond donors (Lipinski definition) is 0. The first-order chi connectivity index (χ1) is 12.7. The number of para-hydroxylation sites is 2. The van der Waals surface area contributed by atoms with E-state index in [1.807, 2.05) is 35.0 Å². The van der Waals surface area contributed by atoms with Gasteiger partial charge in [0.2, 0.25) is 0 Å². The van der Waals surface area contributed by atoms with Gasteiger partial charge in [-0.3, -0.25) is 9.59 Å². The molecule has 0 N–H and O–H groups in total. The van der Waals surface area contributed by atoms with Crippen molar-refractivity contribution < 1.29 is 14.3 Å². The minimum atomic E-state index is -0.357. The molecule has 2 aromatic carbocycles. The zero-order chi connectivity index (χ0) is 18.1. The fourth-order valence-corrected chi connectivity index (χ4v) is 3.67. The average Bonchev–Trinajstić information content (AvgIpc) is 3.19. The van der Waals surface area contributed by atoms with Crippen LogP contribution in [0.5, 0.6) is 5.75 Å². The molecule has 2 amide bonds. The number of methoxy groups -OCH3 is 1. The number of nitrogens with zero attached hydrogens (tertiary/aromatic N) is 1. The fourth-order valence-electron chi connectivity index (χ4n) is 3.05. The first-order valence-corrected chi connectivity index (χ1v) is 9.00. The van der Waals surface area contributed by atoms with E-state index in [2.05, 4.69) is 0 Å². The Labute approximate surface area is 155 Å². The van der Waals surface area contributed by atoms with Crippen molar-refractivity contribution in [2.75, 3.05) is 12.0 Å². The molecule has 0 atom stereocenters. The van der Waals surface area contributed by atoms with Crippen LogP contribution in [0.25, 0.3) is 11.6 Å². The van der Waals surface area contributed by atoms with Gasteiger partial charge in [0.25, 0.3) is 11.8 Å². The van der Waals surface area contributed by atoms with E-state index in [9.17, 15) is 9.59 Å². The maximum atomic E-state index is 13.3. The Balaban J connectivity index is 1.93. The van der Waals surface area contributed by atoms with Crippen molar-refractivity contribution in [2.24, 2.45) is 0 Å². The molecule has 26 heavy (non-hydrogen) atoms. The van der Waals surface area contributed by atoms with Crippen molar-refractivity contribution in [3.05, 3.63) is 82.0 Å². The summed E-state index contributed by atoms with van der Waals surface area (Å²) < 4.78 is 5.36. The van der Waals surface area contributed by atoms with Gasteiger partial charge in [-0.25, -0.2) is 4.90 Å². The highest BCUT2D eigenvalue weighted by atomic mass is 32.1. The second-order valence-corrected chi connectivity index (χ2v) is 6.56. The van der Waals surface area contributed by atoms with Gasteiger partial charge in [0.15, 0.2) is 0 Å². The summed E-state index contributed by atoms with van der Waals surface area (Å²) in [5.41, 5.74) is 3.02. The SMILES string of the molecule is COc1ccccc1N1C(=O)/C(=C\c2ccsc2)c2ccccc2C1=O. The van der Waals surface area contributed by atoms with E-state index in [0.29, 0.717) is 28.1 Å². The molecule has 0 spiro atoms. The van der Waals surface area contributed by atoms with E-state index >= 15 is 0 Å². The van der Waals surface area contributed by atoms with Crippen molar-refractivity contribution in [3.8, 4) is 5.75 Å². The van der Waals surface area contributed by atoms with Crippen LogP contribution in [-0.2, 0) is 4.79 Å². The van der Waals surface area contributed by atoms with Gasteiger partial charge >= 0.3 is 0 Å². The molecule has 4 nitrogen and oxygen atoms in total. The van der Waals surface area contributed by atoms with E-state index < -0.39 is 0 Å². The number of hydrogen-bond acceptors (Lipinski definition) is 4. The third-order valence-electron chi connectivity index (χ3n) is 4.26. The molecule has 5 heteroatoms. The predicted octanol–water partition coefficient (Wildman–Crippen LogP) is 4.48. The van der Waals surface area contributed by atoms with Crippen molar-refractivity contribution >= 4 is 40.5 Å². The van der Waals surface area contributed by atoms with Crippen molar-refractivity contribution in [1.29, 1.82) is 0 Å². The van der Waals surface area contributed by atoms with Gasteiger partial charge in [-0.05, 0) is 52.2 Å². The normalized spacial score (nSPS) is 15.3. The standard InChI is InChI=1S/C21H15NO3S/c1-25-19-9-5-4-8-18(19)22-20(23)16-7-3-2-6-15(16)17(21(22)24)12-14-10-11-26-13-14/h2-13H,1H3/b17-12-. The summed E-state index contributed by atoms with van der Waals surface area (Å²) in [5, 5.41) is 3.92. The lowest BCUT2D eigenvalue weighted by Gasteiger charge is -2.29. The van der Waals surface area contributed by atoms with Crippen LogP contribution in [0, 0.1) is 0 Å². The summed E-state index contributed by atoms with van der Waals surface area (Å²) in [6.45, 7) is 0. The third-order valence-corrected chi connectivity index (χ3v) is 4.97. The summed E-state index contributed by atoms with van der Waals surface area (Å²) in [6, 6.07) is 16.2. The fraction of sp³-hybridized carbons (Fsp3) is 0.0476. The lowest BCUT2D eigenvalue weighted by Crippen LogP contribution is -2.42. The van der Waals surface area contributed by atoms with Crippen LogP contribution >= 0.6 is 11.3 Å². The van der Waals surface area contributed by atoms with Crippen LogP contribution in [0.4, 0.5) is 5.69 Å². The first-order valence-electron chi connectivity index (χ1n) is 8.06. The number of ether oxygens (including phenoxy) is 1. The Morgan fingerprint density at radius 3 is 2.38 bits per heavy atom. The molecule has 0 saturated carbocycles. The smallest absolute Gasteiger partial charge is 0.266 e. The van der Waals surface area contributed by atoms with E-state index in [0.717, 1.165) is 5.56 Å². The number of carbonyl (C=O) groups excluding carboxylic acids is 2. The van der Waals surface area contributed by atoms with Crippen molar-refractivity contribution in [3.63, 3.8) is 0 Å². The molecule has 0 aliphatic carbocycles. The zero-order valence-corrected chi connectivity index (χ0v) is 14.8. The molecule has 0 fully saturated rings. The van der Waals surface area contributed by atoms with E-state index in [4.69, 9.17) is 4.74 Å². The zero-order valence-electron chi connectivity index (χ0n) is 14.0.